The number of carbonyl (C=O) groups excluding carboxylic acids is 1. The van der Waals surface area contributed by atoms with E-state index in [0.717, 1.165) is 11.0 Å². The maximum absolute atomic E-state index is 11.9. The minimum Gasteiger partial charge on any atom is -0.481 e. The number of aromatic nitrogens is 3. The lowest BCUT2D eigenvalue weighted by Gasteiger charge is -2.07. The van der Waals surface area contributed by atoms with Crippen LogP contribution in [0.4, 0.5) is 5.69 Å². The molecule has 7 heteroatoms. The number of carboxylic acids is 1. The minimum absolute atomic E-state index is 0.207. The highest BCUT2D eigenvalue weighted by atomic mass is 16.4. The predicted octanol–water partition coefficient (Wildman–Crippen LogP) is 1.67. The summed E-state index contributed by atoms with van der Waals surface area (Å²) < 4.78 is 1.81. The van der Waals surface area contributed by atoms with Crippen LogP contribution < -0.4 is 5.32 Å². The van der Waals surface area contributed by atoms with Crippen LogP contribution in [0.25, 0.3) is 11.0 Å². The predicted molar refractivity (Wildman–Crippen MR) is 75.8 cm³/mol. The Morgan fingerprint density at radius 1 is 1.38 bits per heavy atom. The number of anilines is 1. The van der Waals surface area contributed by atoms with Gasteiger partial charge in [-0.05, 0) is 26.3 Å². The van der Waals surface area contributed by atoms with Crippen LogP contribution >= 0.6 is 0 Å². The van der Waals surface area contributed by atoms with Crippen LogP contribution in [-0.4, -0.2) is 31.7 Å². The number of hydrogen-bond acceptors (Lipinski definition) is 4. The van der Waals surface area contributed by atoms with Gasteiger partial charge >= 0.3 is 5.97 Å². The first-order valence-electron chi connectivity index (χ1n) is 6.84. The largest absolute Gasteiger partial charge is 0.481 e. The average Bonchev–Trinajstić information content (AvgIpc) is 3.12. The van der Waals surface area contributed by atoms with Crippen molar-refractivity contribution >= 4 is 28.6 Å². The number of amides is 1. The van der Waals surface area contributed by atoms with E-state index in [2.05, 4.69) is 15.4 Å². The van der Waals surface area contributed by atoms with E-state index >= 15 is 0 Å². The van der Waals surface area contributed by atoms with Crippen LogP contribution in [0.2, 0.25) is 0 Å². The SMILES string of the molecule is CC(C)n1ncc2cc(NC(=O)C3CC3C(=O)O)cnc21. The molecule has 2 aromatic heterocycles. The zero-order valence-corrected chi connectivity index (χ0v) is 11.8. The number of pyridine rings is 1. The second kappa shape index (κ2) is 4.83. The normalized spacial score (nSPS) is 20.7. The van der Waals surface area contributed by atoms with Crippen molar-refractivity contribution in [1.29, 1.82) is 0 Å². The van der Waals surface area contributed by atoms with E-state index in [4.69, 9.17) is 5.11 Å². The average molecular weight is 288 g/mol. The van der Waals surface area contributed by atoms with E-state index in [0.29, 0.717) is 12.1 Å². The number of nitrogens with one attached hydrogen (secondary N) is 1. The summed E-state index contributed by atoms with van der Waals surface area (Å²) in [7, 11) is 0. The van der Waals surface area contributed by atoms with Gasteiger partial charge in [0, 0.05) is 11.4 Å². The van der Waals surface area contributed by atoms with Crippen LogP contribution in [-0.2, 0) is 9.59 Å². The maximum atomic E-state index is 11.9. The number of aliphatic carboxylic acids is 1. The summed E-state index contributed by atoms with van der Waals surface area (Å²) in [4.78, 5) is 27.0. The Balaban J connectivity index is 1.76. The van der Waals surface area contributed by atoms with Crippen LogP contribution in [0.5, 0.6) is 0 Å². The van der Waals surface area contributed by atoms with Crippen LogP contribution in [0.1, 0.15) is 26.3 Å². The lowest BCUT2D eigenvalue weighted by atomic mass is 10.2. The van der Waals surface area contributed by atoms with Crippen molar-refractivity contribution in [3.8, 4) is 0 Å². The Morgan fingerprint density at radius 2 is 2.14 bits per heavy atom. The first kappa shape index (κ1) is 13.5. The van der Waals surface area contributed by atoms with Crippen molar-refractivity contribution in [3.05, 3.63) is 18.5 Å². The van der Waals surface area contributed by atoms with Crippen molar-refractivity contribution in [3.63, 3.8) is 0 Å². The summed E-state index contributed by atoms with van der Waals surface area (Å²) in [5.74, 6) is -2.16. The third kappa shape index (κ3) is 2.46. The van der Waals surface area contributed by atoms with Gasteiger partial charge in [0.05, 0.1) is 29.9 Å². The Hall–Kier alpha value is -2.44. The Labute approximate surface area is 121 Å². The van der Waals surface area contributed by atoms with Crippen molar-refractivity contribution in [2.24, 2.45) is 11.8 Å². The van der Waals surface area contributed by atoms with E-state index in [1.165, 1.54) is 0 Å². The molecule has 2 atom stereocenters. The molecule has 1 amide bonds. The highest BCUT2D eigenvalue weighted by Gasteiger charge is 2.48. The molecule has 1 fully saturated rings. The Morgan fingerprint density at radius 3 is 2.76 bits per heavy atom. The maximum Gasteiger partial charge on any atom is 0.307 e. The number of carboxylic acid groups (broad SMARTS) is 1. The number of carbonyl (C=O) groups is 2. The van der Waals surface area contributed by atoms with Gasteiger partial charge in [-0.15, -0.1) is 0 Å². The number of fused-ring (bicyclic) bond motifs is 1. The molecule has 2 unspecified atom stereocenters. The summed E-state index contributed by atoms with van der Waals surface area (Å²) >= 11 is 0. The molecule has 2 N–H and O–H groups in total. The van der Waals surface area contributed by atoms with Crippen molar-refractivity contribution in [2.45, 2.75) is 26.3 Å². The minimum atomic E-state index is -0.915. The summed E-state index contributed by atoms with van der Waals surface area (Å²) in [6.07, 6.45) is 3.68. The second-order valence-corrected chi connectivity index (χ2v) is 5.60. The molecule has 0 bridgehead atoms. The van der Waals surface area contributed by atoms with Gasteiger partial charge in [0.1, 0.15) is 0 Å². The quantitative estimate of drug-likeness (QED) is 0.892. The molecule has 1 aliphatic carbocycles. The monoisotopic (exact) mass is 288 g/mol. The van der Waals surface area contributed by atoms with Gasteiger partial charge in [0.15, 0.2) is 5.65 Å². The number of nitrogens with zero attached hydrogens (tertiary/aromatic N) is 3. The molecule has 110 valence electrons. The smallest absolute Gasteiger partial charge is 0.307 e. The molecule has 21 heavy (non-hydrogen) atoms. The van der Waals surface area contributed by atoms with E-state index in [-0.39, 0.29) is 11.9 Å². The van der Waals surface area contributed by atoms with E-state index in [1.807, 2.05) is 18.5 Å². The number of rotatable bonds is 4. The molecule has 0 radical (unpaired) electrons. The molecule has 7 nitrogen and oxygen atoms in total. The molecule has 2 aromatic rings. The van der Waals surface area contributed by atoms with Crippen molar-refractivity contribution in [2.75, 3.05) is 5.32 Å². The summed E-state index contributed by atoms with van der Waals surface area (Å²) in [5.41, 5.74) is 1.32. The van der Waals surface area contributed by atoms with Gasteiger partial charge in [-0.3, -0.25) is 9.59 Å². The fraction of sp³-hybridized carbons (Fsp3) is 0.429. The Bertz CT molecular complexity index is 722. The molecule has 0 saturated heterocycles. The molecule has 0 aliphatic heterocycles. The second-order valence-electron chi connectivity index (χ2n) is 5.60. The molecule has 0 spiro atoms. The number of hydrogen-bond donors (Lipinski definition) is 2. The van der Waals surface area contributed by atoms with Gasteiger partial charge in [-0.1, -0.05) is 0 Å². The van der Waals surface area contributed by atoms with Crippen molar-refractivity contribution in [1.82, 2.24) is 14.8 Å². The third-order valence-electron chi connectivity index (χ3n) is 3.63. The van der Waals surface area contributed by atoms with Gasteiger partial charge < -0.3 is 10.4 Å². The zero-order valence-electron chi connectivity index (χ0n) is 11.8. The molecule has 1 aliphatic rings. The van der Waals surface area contributed by atoms with Crippen LogP contribution in [0.3, 0.4) is 0 Å². The van der Waals surface area contributed by atoms with E-state index in [1.54, 1.807) is 18.5 Å². The van der Waals surface area contributed by atoms with Crippen LogP contribution in [0, 0.1) is 11.8 Å². The first-order valence-corrected chi connectivity index (χ1v) is 6.84. The van der Waals surface area contributed by atoms with E-state index < -0.39 is 17.8 Å². The lowest BCUT2D eigenvalue weighted by Crippen LogP contribution is -2.16. The standard InChI is InChI=1S/C14H16N4O3/c1-7(2)18-12-8(5-16-18)3-9(6-15-12)17-13(19)10-4-11(10)14(20)21/h3,5-7,10-11H,4H2,1-2H3,(H,17,19)(H,20,21). The molecule has 2 heterocycles. The lowest BCUT2D eigenvalue weighted by molar-refractivity contribution is -0.139. The fourth-order valence-electron chi connectivity index (χ4n) is 2.38. The Kier molecular flexibility index (Phi) is 3.12. The van der Waals surface area contributed by atoms with Crippen molar-refractivity contribution < 1.29 is 14.7 Å². The topological polar surface area (TPSA) is 97.1 Å². The highest BCUT2D eigenvalue weighted by Crippen LogP contribution is 2.39. The third-order valence-corrected chi connectivity index (χ3v) is 3.63. The summed E-state index contributed by atoms with van der Waals surface area (Å²) in [5, 5.41) is 16.7. The van der Waals surface area contributed by atoms with Crippen LogP contribution in [0.15, 0.2) is 18.5 Å². The van der Waals surface area contributed by atoms with E-state index in [9.17, 15) is 9.59 Å². The molecular formula is C14H16N4O3. The molecule has 0 aromatic carbocycles. The summed E-state index contributed by atoms with van der Waals surface area (Å²) in [6, 6.07) is 2.00. The molecule has 1 saturated carbocycles. The summed E-state index contributed by atoms with van der Waals surface area (Å²) in [6.45, 7) is 4.03. The van der Waals surface area contributed by atoms with Gasteiger partial charge in [-0.25, -0.2) is 9.67 Å². The molecular weight excluding hydrogens is 272 g/mol. The molecule has 3 rings (SSSR count). The van der Waals surface area contributed by atoms with Gasteiger partial charge in [0.2, 0.25) is 5.91 Å². The van der Waals surface area contributed by atoms with Gasteiger partial charge in [-0.2, -0.15) is 5.10 Å². The zero-order chi connectivity index (χ0) is 15.1. The highest BCUT2D eigenvalue weighted by molar-refractivity contribution is 5.99. The fourth-order valence-corrected chi connectivity index (χ4v) is 2.38. The first-order chi connectivity index (χ1) is 9.97. The van der Waals surface area contributed by atoms with Gasteiger partial charge in [0.25, 0.3) is 0 Å².